The van der Waals surface area contributed by atoms with Gasteiger partial charge in [0.2, 0.25) is 5.91 Å². The van der Waals surface area contributed by atoms with Gasteiger partial charge < -0.3 is 15.5 Å². The molecule has 1 amide bonds. The Morgan fingerprint density at radius 3 is 0.662 bits per heavy atom. The molecule has 3 N–H and O–H groups in total. The maximum Gasteiger partial charge on any atom is 0.220 e. The van der Waals surface area contributed by atoms with Crippen molar-refractivity contribution in [1.29, 1.82) is 0 Å². The quantitative estimate of drug-likeness (QED) is 0.0532. The molecule has 2 atom stereocenters. The van der Waals surface area contributed by atoms with E-state index in [0.29, 0.717) is 12.8 Å². The Balaban J connectivity index is 3.33. The summed E-state index contributed by atoms with van der Waals surface area (Å²) in [5.41, 5.74) is 0. The molecule has 0 rings (SSSR count). The van der Waals surface area contributed by atoms with E-state index in [1.54, 1.807) is 0 Å². The second-order valence-corrected chi connectivity index (χ2v) is 22.6. The molecule has 0 bridgehead atoms. The summed E-state index contributed by atoms with van der Waals surface area (Å²) in [5.74, 6) is -0.0210. The molecule has 0 fully saturated rings. The summed E-state index contributed by atoms with van der Waals surface area (Å²) < 4.78 is 0. The monoisotopic (exact) mass is 960 g/mol. The highest BCUT2D eigenvalue weighted by Crippen LogP contribution is 2.19. The van der Waals surface area contributed by atoms with E-state index in [4.69, 9.17) is 0 Å². The van der Waals surface area contributed by atoms with Crippen LogP contribution in [0.5, 0.6) is 0 Å². The van der Waals surface area contributed by atoms with Gasteiger partial charge in [-0.2, -0.15) is 0 Å². The minimum absolute atomic E-state index is 0.0210. The summed E-state index contributed by atoms with van der Waals surface area (Å²) in [6.45, 7) is 4.41. The Bertz CT molecular complexity index is 910. The molecule has 4 heteroatoms. The Kier molecular flexibility index (Phi) is 60.1. The lowest BCUT2D eigenvalue weighted by molar-refractivity contribution is -0.123. The summed E-state index contributed by atoms with van der Waals surface area (Å²) in [6, 6.07) is -0.531. The summed E-state index contributed by atoms with van der Waals surface area (Å²) >= 11 is 0. The van der Waals surface area contributed by atoms with Crippen molar-refractivity contribution in [3.05, 3.63) is 0 Å². The maximum atomic E-state index is 12.5. The molecule has 0 radical (unpaired) electrons. The number of amides is 1. The Hall–Kier alpha value is -0.610. The molecule has 0 saturated heterocycles. The first-order valence-electron chi connectivity index (χ1n) is 32.2. The number of carbonyl (C=O) groups excluding carboxylic acids is 1. The zero-order valence-corrected chi connectivity index (χ0v) is 47.2. The molecule has 0 aromatic carbocycles. The van der Waals surface area contributed by atoms with Crippen molar-refractivity contribution in [2.24, 2.45) is 0 Å². The Morgan fingerprint density at radius 2 is 0.471 bits per heavy atom. The maximum absolute atomic E-state index is 12.5. The van der Waals surface area contributed by atoms with E-state index in [1.165, 1.54) is 334 Å². The highest BCUT2D eigenvalue weighted by molar-refractivity contribution is 5.76. The first-order chi connectivity index (χ1) is 33.7. The van der Waals surface area contributed by atoms with Gasteiger partial charge in [-0.15, -0.1) is 0 Å². The van der Waals surface area contributed by atoms with Gasteiger partial charge in [-0.25, -0.2) is 0 Å². The predicted octanol–water partition coefficient (Wildman–Crippen LogP) is 21.5. The van der Waals surface area contributed by atoms with Crippen molar-refractivity contribution < 1.29 is 15.0 Å². The van der Waals surface area contributed by atoms with Crippen molar-refractivity contribution in [3.8, 4) is 0 Å². The largest absolute Gasteiger partial charge is 0.394 e. The van der Waals surface area contributed by atoms with Crippen molar-refractivity contribution in [3.63, 3.8) is 0 Å². The first kappa shape index (κ1) is 67.4. The van der Waals surface area contributed by atoms with Gasteiger partial charge in [0.15, 0.2) is 0 Å². The number of rotatable bonds is 61. The zero-order valence-electron chi connectivity index (χ0n) is 47.2. The normalized spacial score (nSPS) is 12.6. The minimum Gasteiger partial charge on any atom is -0.394 e. The average molecular weight is 961 g/mol. The summed E-state index contributed by atoms with van der Waals surface area (Å²) in [7, 11) is 0. The topological polar surface area (TPSA) is 69.6 Å². The fourth-order valence-corrected chi connectivity index (χ4v) is 10.7. The van der Waals surface area contributed by atoms with Gasteiger partial charge in [0, 0.05) is 6.42 Å². The van der Waals surface area contributed by atoms with Crippen molar-refractivity contribution >= 4 is 5.91 Å². The third kappa shape index (κ3) is 56.3. The van der Waals surface area contributed by atoms with Crippen LogP contribution < -0.4 is 5.32 Å². The molecule has 2 unspecified atom stereocenters. The molecule has 0 aromatic heterocycles. The molecular formula is C64H129NO3. The number of hydrogen-bond donors (Lipinski definition) is 3. The van der Waals surface area contributed by atoms with E-state index in [1.807, 2.05) is 0 Å². The van der Waals surface area contributed by atoms with E-state index < -0.39 is 12.1 Å². The van der Waals surface area contributed by atoms with Crippen molar-refractivity contribution in [1.82, 2.24) is 5.32 Å². The number of nitrogens with one attached hydrogen (secondary N) is 1. The van der Waals surface area contributed by atoms with Gasteiger partial charge in [-0.3, -0.25) is 4.79 Å². The Morgan fingerprint density at radius 1 is 0.294 bits per heavy atom. The lowest BCUT2D eigenvalue weighted by Crippen LogP contribution is -2.45. The third-order valence-electron chi connectivity index (χ3n) is 15.6. The van der Waals surface area contributed by atoms with E-state index in [2.05, 4.69) is 19.2 Å². The molecule has 0 aromatic rings. The lowest BCUT2D eigenvalue weighted by atomic mass is 10.0. The number of aliphatic hydroxyl groups is 2. The number of hydrogen-bond acceptors (Lipinski definition) is 3. The lowest BCUT2D eigenvalue weighted by Gasteiger charge is -2.22. The van der Waals surface area contributed by atoms with Gasteiger partial charge >= 0.3 is 0 Å². The molecule has 68 heavy (non-hydrogen) atoms. The average Bonchev–Trinajstić information content (AvgIpc) is 3.34. The third-order valence-corrected chi connectivity index (χ3v) is 15.6. The smallest absolute Gasteiger partial charge is 0.220 e. The van der Waals surface area contributed by atoms with Gasteiger partial charge in [-0.05, 0) is 12.8 Å². The second-order valence-electron chi connectivity index (χ2n) is 22.6. The Labute approximate surface area is 429 Å². The van der Waals surface area contributed by atoms with Crippen LogP contribution in [0, 0.1) is 0 Å². The predicted molar refractivity (Wildman–Crippen MR) is 304 cm³/mol. The highest BCUT2D eigenvalue weighted by Gasteiger charge is 2.20. The number of carbonyl (C=O) groups is 1. The molecule has 0 aliphatic rings. The minimum atomic E-state index is -0.655. The molecule has 0 heterocycles. The summed E-state index contributed by atoms with van der Waals surface area (Å²) in [4.78, 5) is 12.5. The van der Waals surface area contributed by atoms with Crippen LogP contribution in [0.3, 0.4) is 0 Å². The zero-order chi connectivity index (χ0) is 49.2. The number of unbranched alkanes of at least 4 members (excludes halogenated alkanes) is 54. The molecule has 0 aliphatic carbocycles. The number of aliphatic hydroxyl groups excluding tert-OH is 2. The van der Waals surface area contributed by atoms with Crippen molar-refractivity contribution in [2.45, 2.75) is 398 Å². The summed E-state index contributed by atoms with van der Waals surface area (Å²) in [5, 5.41) is 23.4. The molecule has 4 nitrogen and oxygen atoms in total. The van der Waals surface area contributed by atoms with E-state index in [9.17, 15) is 15.0 Å². The fraction of sp³-hybridized carbons (Fsp3) is 0.984. The van der Waals surface area contributed by atoms with E-state index in [-0.39, 0.29) is 12.5 Å². The molecule has 0 spiro atoms. The molecular weight excluding hydrogens is 831 g/mol. The molecule has 0 aliphatic heterocycles. The van der Waals surface area contributed by atoms with Crippen molar-refractivity contribution in [2.75, 3.05) is 6.61 Å². The van der Waals surface area contributed by atoms with Gasteiger partial charge in [0.05, 0.1) is 18.8 Å². The van der Waals surface area contributed by atoms with Crippen LogP contribution in [0.2, 0.25) is 0 Å². The molecule has 0 saturated carbocycles. The van der Waals surface area contributed by atoms with Crippen LogP contribution in [-0.4, -0.2) is 34.9 Å². The van der Waals surface area contributed by atoms with Crippen LogP contribution in [0.4, 0.5) is 0 Å². The van der Waals surface area contributed by atoms with Crippen LogP contribution in [0.15, 0.2) is 0 Å². The molecule has 408 valence electrons. The summed E-state index contributed by atoms with van der Waals surface area (Å²) in [6.07, 6.45) is 78.6. The first-order valence-corrected chi connectivity index (χ1v) is 32.2. The van der Waals surface area contributed by atoms with E-state index >= 15 is 0 Å². The highest BCUT2D eigenvalue weighted by atomic mass is 16.3. The van der Waals surface area contributed by atoms with Gasteiger partial charge in [0.25, 0.3) is 0 Å². The fourth-order valence-electron chi connectivity index (χ4n) is 10.7. The van der Waals surface area contributed by atoms with Gasteiger partial charge in [0.1, 0.15) is 0 Å². The second kappa shape index (κ2) is 60.7. The van der Waals surface area contributed by atoms with Gasteiger partial charge in [-0.1, -0.05) is 367 Å². The van der Waals surface area contributed by atoms with Crippen LogP contribution in [-0.2, 0) is 4.79 Å². The van der Waals surface area contributed by atoms with Crippen LogP contribution in [0.25, 0.3) is 0 Å². The van der Waals surface area contributed by atoms with Crippen LogP contribution >= 0.6 is 0 Å². The van der Waals surface area contributed by atoms with Crippen LogP contribution in [0.1, 0.15) is 386 Å². The SMILES string of the molecule is CCCCCCCCCCCCCCCCCCCCCCCCCCCCCCCCCCCCCCCCC(=O)NC(CO)C(O)CCCCCCCCCCCCCCCCCCCC. The van der Waals surface area contributed by atoms with E-state index in [0.717, 1.165) is 25.7 Å². The standard InChI is InChI=1S/C64H129NO3/c1-3-5-7-9-11-13-15-17-19-21-23-24-25-26-27-28-29-30-31-32-33-34-35-36-37-38-39-40-41-42-44-46-48-50-52-54-56-58-60-64(68)65-62(61-66)63(67)59-57-55-53-51-49-47-45-43-22-20-18-16-14-12-10-8-6-4-2/h62-63,66-67H,3-61H2,1-2H3,(H,65,68).